The fourth-order valence-electron chi connectivity index (χ4n) is 2.66. The molecule has 1 aliphatic heterocycles. The van der Waals surface area contributed by atoms with Crippen molar-refractivity contribution in [2.75, 3.05) is 23.9 Å². The van der Waals surface area contributed by atoms with Crippen molar-refractivity contribution < 1.29 is 17.9 Å². The first-order valence-electron chi connectivity index (χ1n) is 7.04. The van der Waals surface area contributed by atoms with Crippen LogP contribution < -0.4 is 10.1 Å². The third-order valence-electron chi connectivity index (χ3n) is 3.66. The van der Waals surface area contributed by atoms with E-state index >= 15 is 0 Å². The second kappa shape index (κ2) is 6.47. The molecule has 0 aliphatic carbocycles. The molecule has 2 rings (SSSR count). The number of aryl methyl sites for hydroxylation is 1. The zero-order chi connectivity index (χ0) is 15.5. The molecule has 1 amide bonds. The first kappa shape index (κ1) is 15.8. The van der Waals surface area contributed by atoms with Gasteiger partial charge in [-0.25, -0.2) is 8.42 Å². The number of ether oxygens (including phenoxy) is 1. The van der Waals surface area contributed by atoms with Crippen LogP contribution >= 0.6 is 0 Å². The van der Waals surface area contributed by atoms with Gasteiger partial charge in [-0.3, -0.25) is 4.79 Å². The van der Waals surface area contributed by atoms with Gasteiger partial charge in [-0.15, -0.1) is 0 Å². The molecular formula is C15H21NO4S. The molecule has 1 aromatic carbocycles. The summed E-state index contributed by atoms with van der Waals surface area (Å²) >= 11 is 0. The van der Waals surface area contributed by atoms with Crippen LogP contribution in [0.4, 0.5) is 5.69 Å². The molecular weight excluding hydrogens is 290 g/mol. The monoisotopic (exact) mass is 311 g/mol. The lowest BCUT2D eigenvalue weighted by molar-refractivity contribution is -0.117. The molecule has 0 saturated carbocycles. The molecule has 1 heterocycles. The maximum atomic E-state index is 12.1. The van der Waals surface area contributed by atoms with Crippen molar-refractivity contribution in [3.63, 3.8) is 0 Å². The quantitative estimate of drug-likeness (QED) is 0.925. The van der Waals surface area contributed by atoms with Crippen LogP contribution in [0, 0.1) is 12.8 Å². The van der Waals surface area contributed by atoms with Gasteiger partial charge in [0, 0.05) is 6.42 Å². The number of rotatable bonds is 4. The molecule has 116 valence electrons. The molecule has 5 nitrogen and oxygen atoms in total. The van der Waals surface area contributed by atoms with Crippen molar-refractivity contribution in [2.45, 2.75) is 26.2 Å². The standard InChI is InChI=1S/C15H21NO4S/c1-11-5-6-14(20-2)13(8-11)16-15(17)9-12-4-3-7-21(18,19)10-12/h5-6,8,12H,3-4,7,9-10H2,1-2H3,(H,16,17). The Morgan fingerprint density at radius 1 is 1.43 bits per heavy atom. The molecule has 1 aromatic rings. The first-order valence-corrected chi connectivity index (χ1v) is 8.86. The van der Waals surface area contributed by atoms with Crippen molar-refractivity contribution in [3.05, 3.63) is 23.8 Å². The SMILES string of the molecule is COc1ccc(C)cc1NC(=O)CC1CCCS(=O)(=O)C1. The molecule has 1 aliphatic rings. The summed E-state index contributed by atoms with van der Waals surface area (Å²) < 4.78 is 28.4. The Morgan fingerprint density at radius 2 is 2.19 bits per heavy atom. The van der Waals surface area contributed by atoms with E-state index in [0.717, 1.165) is 12.0 Å². The predicted molar refractivity (Wildman–Crippen MR) is 82.4 cm³/mol. The molecule has 0 aromatic heterocycles. The lowest BCUT2D eigenvalue weighted by Crippen LogP contribution is -2.28. The number of benzene rings is 1. The number of carbonyl (C=O) groups excluding carboxylic acids is 1. The van der Waals surface area contributed by atoms with Gasteiger partial charge < -0.3 is 10.1 Å². The van der Waals surface area contributed by atoms with Crippen LogP contribution in [-0.4, -0.2) is 32.9 Å². The highest BCUT2D eigenvalue weighted by molar-refractivity contribution is 7.91. The largest absolute Gasteiger partial charge is 0.495 e. The second-order valence-electron chi connectivity index (χ2n) is 5.58. The van der Waals surface area contributed by atoms with Crippen LogP contribution in [0.15, 0.2) is 18.2 Å². The number of sulfone groups is 1. The van der Waals surface area contributed by atoms with E-state index in [1.165, 1.54) is 0 Å². The molecule has 1 fully saturated rings. The smallest absolute Gasteiger partial charge is 0.224 e. The van der Waals surface area contributed by atoms with Gasteiger partial charge in [0.05, 0.1) is 24.3 Å². The third kappa shape index (κ3) is 4.46. The van der Waals surface area contributed by atoms with Gasteiger partial charge in [-0.2, -0.15) is 0 Å². The molecule has 6 heteroatoms. The zero-order valence-electron chi connectivity index (χ0n) is 12.4. The molecule has 1 unspecified atom stereocenters. The van der Waals surface area contributed by atoms with Gasteiger partial charge in [0.2, 0.25) is 5.91 Å². The minimum atomic E-state index is -2.97. The van der Waals surface area contributed by atoms with Gasteiger partial charge in [0.15, 0.2) is 9.84 Å². The highest BCUT2D eigenvalue weighted by Gasteiger charge is 2.26. The highest BCUT2D eigenvalue weighted by Crippen LogP contribution is 2.27. The van der Waals surface area contributed by atoms with Crippen LogP contribution in [0.2, 0.25) is 0 Å². The van der Waals surface area contributed by atoms with E-state index in [0.29, 0.717) is 17.9 Å². The number of hydrogen-bond donors (Lipinski definition) is 1. The van der Waals surface area contributed by atoms with Crippen molar-refractivity contribution in [1.82, 2.24) is 0 Å². The Bertz CT molecular complexity index is 625. The van der Waals surface area contributed by atoms with Gasteiger partial charge >= 0.3 is 0 Å². The van der Waals surface area contributed by atoms with Crippen LogP contribution in [0.1, 0.15) is 24.8 Å². The topological polar surface area (TPSA) is 72.5 Å². The van der Waals surface area contributed by atoms with Crippen molar-refractivity contribution in [3.8, 4) is 5.75 Å². The van der Waals surface area contributed by atoms with E-state index in [9.17, 15) is 13.2 Å². The molecule has 1 N–H and O–H groups in total. The van der Waals surface area contributed by atoms with Gasteiger partial charge in [-0.05, 0) is 43.4 Å². The van der Waals surface area contributed by atoms with Gasteiger partial charge in [0.25, 0.3) is 0 Å². The number of methoxy groups -OCH3 is 1. The molecule has 1 atom stereocenters. The number of carbonyl (C=O) groups is 1. The Hall–Kier alpha value is -1.56. The Kier molecular flexibility index (Phi) is 4.88. The summed E-state index contributed by atoms with van der Waals surface area (Å²) in [6, 6.07) is 5.55. The summed E-state index contributed by atoms with van der Waals surface area (Å²) in [5.74, 6) is 0.716. The molecule has 0 spiro atoms. The van der Waals surface area contributed by atoms with E-state index in [2.05, 4.69) is 5.32 Å². The van der Waals surface area contributed by atoms with E-state index in [1.807, 2.05) is 19.1 Å². The summed E-state index contributed by atoms with van der Waals surface area (Å²) in [6.07, 6.45) is 1.67. The minimum Gasteiger partial charge on any atom is -0.495 e. The highest BCUT2D eigenvalue weighted by atomic mass is 32.2. The normalized spacial score (nSPS) is 20.8. The van der Waals surface area contributed by atoms with E-state index in [-0.39, 0.29) is 29.8 Å². The van der Waals surface area contributed by atoms with E-state index in [4.69, 9.17) is 4.74 Å². The van der Waals surface area contributed by atoms with Crippen molar-refractivity contribution in [2.24, 2.45) is 5.92 Å². The summed E-state index contributed by atoms with van der Waals surface area (Å²) in [6.45, 7) is 1.93. The number of amides is 1. The number of anilines is 1. The molecule has 21 heavy (non-hydrogen) atoms. The number of nitrogens with one attached hydrogen (secondary N) is 1. The summed E-state index contributed by atoms with van der Waals surface area (Å²) in [7, 11) is -1.43. The van der Waals surface area contributed by atoms with E-state index < -0.39 is 9.84 Å². The molecule has 0 bridgehead atoms. The van der Waals surface area contributed by atoms with E-state index in [1.54, 1.807) is 13.2 Å². The summed E-state index contributed by atoms with van der Waals surface area (Å²) in [5, 5.41) is 2.82. The lowest BCUT2D eigenvalue weighted by atomic mass is 10.0. The summed E-state index contributed by atoms with van der Waals surface area (Å²) in [4.78, 5) is 12.1. The first-order chi connectivity index (χ1) is 9.89. The fraction of sp³-hybridized carbons (Fsp3) is 0.533. The lowest BCUT2D eigenvalue weighted by Gasteiger charge is -2.21. The van der Waals surface area contributed by atoms with Crippen LogP contribution in [-0.2, 0) is 14.6 Å². The predicted octanol–water partition coefficient (Wildman–Crippen LogP) is 2.16. The van der Waals surface area contributed by atoms with Gasteiger partial charge in [-0.1, -0.05) is 6.07 Å². The van der Waals surface area contributed by atoms with Crippen molar-refractivity contribution in [1.29, 1.82) is 0 Å². The maximum absolute atomic E-state index is 12.1. The number of hydrogen-bond acceptors (Lipinski definition) is 4. The minimum absolute atomic E-state index is 0.0837. The third-order valence-corrected chi connectivity index (χ3v) is 5.55. The Labute approximate surface area is 125 Å². The maximum Gasteiger partial charge on any atom is 0.224 e. The van der Waals surface area contributed by atoms with Crippen LogP contribution in [0.3, 0.4) is 0 Å². The van der Waals surface area contributed by atoms with Crippen molar-refractivity contribution >= 4 is 21.4 Å². The average Bonchev–Trinajstić information content (AvgIpc) is 2.37. The summed E-state index contributed by atoms with van der Waals surface area (Å²) in [5.41, 5.74) is 1.65. The van der Waals surface area contributed by atoms with Crippen LogP contribution in [0.25, 0.3) is 0 Å². The Morgan fingerprint density at radius 3 is 2.86 bits per heavy atom. The fourth-order valence-corrected chi connectivity index (χ4v) is 4.44. The van der Waals surface area contributed by atoms with Crippen LogP contribution in [0.5, 0.6) is 5.75 Å². The second-order valence-corrected chi connectivity index (χ2v) is 7.81. The molecule has 1 saturated heterocycles. The van der Waals surface area contributed by atoms with Gasteiger partial charge in [0.1, 0.15) is 5.75 Å². The molecule has 0 radical (unpaired) electrons. The Balaban J connectivity index is 2.00. The zero-order valence-corrected chi connectivity index (χ0v) is 13.2. The average molecular weight is 311 g/mol.